The Morgan fingerprint density at radius 3 is 2.79 bits per heavy atom. The maximum absolute atomic E-state index is 12.6. The van der Waals surface area contributed by atoms with Crippen molar-refractivity contribution in [1.82, 2.24) is 15.1 Å². The van der Waals surface area contributed by atoms with Gasteiger partial charge in [0.2, 0.25) is 5.91 Å². The first-order valence-electron chi connectivity index (χ1n) is 9.55. The van der Waals surface area contributed by atoms with Crippen molar-refractivity contribution < 1.29 is 14.3 Å². The number of likely N-dealkylation sites (N-methyl/N-ethyl adjacent to an activating group) is 1. The van der Waals surface area contributed by atoms with Crippen LogP contribution < -0.4 is 10.1 Å². The van der Waals surface area contributed by atoms with E-state index in [4.69, 9.17) is 4.74 Å². The molecule has 0 spiro atoms. The zero-order chi connectivity index (χ0) is 20.5. The second-order valence-electron chi connectivity index (χ2n) is 7.60. The molecule has 148 valence electrons. The van der Waals surface area contributed by atoms with E-state index in [9.17, 15) is 14.9 Å². The van der Waals surface area contributed by atoms with Crippen LogP contribution in [0.2, 0.25) is 0 Å². The second-order valence-corrected chi connectivity index (χ2v) is 7.60. The zero-order valence-corrected chi connectivity index (χ0v) is 16.8. The number of benzene rings is 1. The van der Waals surface area contributed by atoms with E-state index in [2.05, 4.69) is 11.4 Å². The van der Waals surface area contributed by atoms with Crippen LogP contribution in [0.15, 0.2) is 23.8 Å². The Labute approximate surface area is 165 Å². The first kappa shape index (κ1) is 19.7. The summed E-state index contributed by atoms with van der Waals surface area (Å²) in [6, 6.07) is 7.22. The van der Waals surface area contributed by atoms with Crippen molar-refractivity contribution in [1.29, 1.82) is 5.26 Å². The van der Waals surface area contributed by atoms with Gasteiger partial charge in [-0.1, -0.05) is 0 Å². The fraction of sp³-hybridized carbons (Fsp3) is 0.476. The van der Waals surface area contributed by atoms with Crippen molar-refractivity contribution in [3.8, 4) is 11.8 Å². The molecule has 1 saturated heterocycles. The lowest BCUT2D eigenvalue weighted by atomic mass is 9.88. The van der Waals surface area contributed by atoms with E-state index in [0.29, 0.717) is 37.4 Å². The Hall–Kier alpha value is -3.01. The Morgan fingerprint density at radius 1 is 1.43 bits per heavy atom. The maximum atomic E-state index is 12.6. The Balaban J connectivity index is 2.16. The molecule has 3 amide bonds. The topological polar surface area (TPSA) is 85.7 Å². The molecule has 0 saturated carbocycles. The molecule has 3 rings (SSSR count). The van der Waals surface area contributed by atoms with Crippen LogP contribution in [0.3, 0.4) is 0 Å². The minimum absolute atomic E-state index is 0.0548. The normalized spacial score (nSPS) is 17.7. The van der Waals surface area contributed by atoms with Gasteiger partial charge in [-0.25, -0.2) is 4.79 Å². The summed E-state index contributed by atoms with van der Waals surface area (Å²) >= 11 is 0. The summed E-state index contributed by atoms with van der Waals surface area (Å²) in [5, 5.41) is 12.1. The van der Waals surface area contributed by atoms with E-state index in [-0.39, 0.29) is 11.9 Å². The van der Waals surface area contributed by atoms with Crippen LogP contribution in [0.4, 0.5) is 4.79 Å². The first-order chi connectivity index (χ1) is 13.3. The molecule has 7 nitrogen and oxygen atoms in total. The molecule has 0 aromatic heterocycles. The number of likely N-dealkylation sites (tertiary alicyclic amines) is 1. The third kappa shape index (κ3) is 3.55. The van der Waals surface area contributed by atoms with E-state index in [1.54, 1.807) is 35.0 Å². The lowest BCUT2D eigenvalue weighted by molar-refractivity contribution is -0.125. The van der Waals surface area contributed by atoms with Gasteiger partial charge in [-0.15, -0.1) is 0 Å². The van der Waals surface area contributed by atoms with E-state index >= 15 is 0 Å². The molecule has 0 radical (unpaired) electrons. The Bertz CT molecular complexity index is 882. The van der Waals surface area contributed by atoms with Crippen LogP contribution in [0, 0.1) is 11.3 Å². The molecule has 0 bridgehead atoms. The average Bonchev–Trinajstić information content (AvgIpc) is 3.07. The number of ether oxygens (including phenoxy) is 1. The van der Waals surface area contributed by atoms with Gasteiger partial charge in [0.1, 0.15) is 11.4 Å². The summed E-state index contributed by atoms with van der Waals surface area (Å²) in [5.41, 5.74) is 2.14. The largest absolute Gasteiger partial charge is 0.483 e. The predicted octanol–water partition coefficient (Wildman–Crippen LogP) is 2.72. The van der Waals surface area contributed by atoms with Crippen LogP contribution in [0.25, 0.3) is 5.70 Å². The zero-order valence-electron chi connectivity index (χ0n) is 16.8. The molecular weight excluding hydrogens is 356 g/mol. The van der Waals surface area contributed by atoms with Crippen molar-refractivity contribution in [2.75, 3.05) is 26.7 Å². The maximum Gasteiger partial charge on any atom is 0.317 e. The molecule has 2 heterocycles. The standard InChI is InChI=1S/C21H26N4O3/c1-5-23-20(27)24(4)13-16-19(25-10-6-7-18(25)26)15-11-14(12-22)8-9-17(15)28-21(16,2)3/h8-9,11H,5-7,10,13H2,1-4H3,(H,23,27). The smallest absolute Gasteiger partial charge is 0.317 e. The number of amides is 3. The number of nitrogens with one attached hydrogen (secondary N) is 1. The number of hydrogen-bond acceptors (Lipinski definition) is 4. The summed E-state index contributed by atoms with van der Waals surface area (Å²) in [4.78, 5) is 28.3. The van der Waals surface area contributed by atoms with Crippen molar-refractivity contribution in [3.05, 3.63) is 34.9 Å². The molecule has 28 heavy (non-hydrogen) atoms. The van der Waals surface area contributed by atoms with Crippen molar-refractivity contribution in [2.24, 2.45) is 0 Å². The molecule has 0 atom stereocenters. The molecule has 2 aliphatic rings. The molecular formula is C21H26N4O3. The number of fused-ring (bicyclic) bond motifs is 1. The van der Waals surface area contributed by atoms with Crippen LogP contribution in [0.1, 0.15) is 44.7 Å². The van der Waals surface area contributed by atoms with Gasteiger partial charge >= 0.3 is 6.03 Å². The summed E-state index contributed by atoms with van der Waals surface area (Å²) in [6.07, 6.45) is 1.29. The van der Waals surface area contributed by atoms with Gasteiger partial charge in [-0.3, -0.25) is 4.79 Å². The number of carbonyl (C=O) groups excluding carboxylic acids is 2. The van der Waals surface area contributed by atoms with E-state index < -0.39 is 5.60 Å². The molecule has 1 fully saturated rings. The first-order valence-corrected chi connectivity index (χ1v) is 9.55. The highest BCUT2D eigenvalue weighted by atomic mass is 16.5. The molecule has 1 aromatic carbocycles. The SMILES string of the molecule is CCNC(=O)N(C)CC1=C(N2CCCC2=O)c2cc(C#N)ccc2OC1(C)C. The van der Waals surface area contributed by atoms with Gasteiger partial charge in [0.25, 0.3) is 0 Å². The van der Waals surface area contributed by atoms with E-state index in [1.165, 1.54) is 0 Å². The second kappa shape index (κ2) is 7.55. The Morgan fingerprint density at radius 2 is 2.18 bits per heavy atom. The summed E-state index contributed by atoms with van der Waals surface area (Å²) in [5.74, 6) is 0.697. The summed E-state index contributed by atoms with van der Waals surface area (Å²) in [7, 11) is 1.72. The van der Waals surface area contributed by atoms with Crippen molar-refractivity contribution in [3.63, 3.8) is 0 Å². The van der Waals surface area contributed by atoms with Crippen molar-refractivity contribution in [2.45, 2.75) is 39.2 Å². The lowest BCUT2D eigenvalue weighted by Gasteiger charge is -2.40. The average molecular weight is 382 g/mol. The van der Waals surface area contributed by atoms with E-state index in [1.807, 2.05) is 20.8 Å². The Kier molecular flexibility index (Phi) is 5.32. The molecule has 0 aliphatic carbocycles. The number of nitriles is 1. The molecule has 2 aliphatic heterocycles. The molecule has 0 unspecified atom stereocenters. The van der Waals surface area contributed by atoms with Gasteiger partial charge < -0.3 is 19.9 Å². The van der Waals surface area contributed by atoms with Crippen LogP contribution in [-0.2, 0) is 4.79 Å². The van der Waals surface area contributed by atoms with Gasteiger partial charge in [-0.05, 0) is 45.4 Å². The van der Waals surface area contributed by atoms with Gasteiger partial charge in [0.15, 0.2) is 0 Å². The van der Waals surface area contributed by atoms with E-state index in [0.717, 1.165) is 23.3 Å². The highest BCUT2D eigenvalue weighted by Crippen LogP contribution is 2.44. The molecule has 1 N–H and O–H groups in total. The third-order valence-corrected chi connectivity index (χ3v) is 5.15. The molecule has 7 heteroatoms. The molecule has 1 aromatic rings. The van der Waals surface area contributed by atoms with Crippen LogP contribution in [0.5, 0.6) is 5.75 Å². The minimum Gasteiger partial charge on any atom is -0.483 e. The lowest BCUT2D eigenvalue weighted by Crippen LogP contribution is -2.46. The van der Waals surface area contributed by atoms with Crippen LogP contribution >= 0.6 is 0 Å². The minimum atomic E-state index is -0.708. The van der Waals surface area contributed by atoms with Gasteiger partial charge in [0, 0.05) is 44.2 Å². The summed E-state index contributed by atoms with van der Waals surface area (Å²) in [6.45, 7) is 7.22. The summed E-state index contributed by atoms with van der Waals surface area (Å²) < 4.78 is 6.23. The predicted molar refractivity (Wildman–Crippen MR) is 105 cm³/mol. The highest BCUT2D eigenvalue weighted by molar-refractivity contribution is 5.92. The van der Waals surface area contributed by atoms with Crippen LogP contribution in [-0.4, -0.2) is 54.0 Å². The fourth-order valence-corrected chi connectivity index (χ4v) is 3.71. The quantitative estimate of drug-likeness (QED) is 0.868. The number of nitrogens with zero attached hydrogens (tertiary/aromatic N) is 3. The van der Waals surface area contributed by atoms with Crippen molar-refractivity contribution >= 4 is 17.6 Å². The third-order valence-electron chi connectivity index (χ3n) is 5.15. The number of rotatable bonds is 4. The fourth-order valence-electron chi connectivity index (χ4n) is 3.71. The number of hydrogen-bond donors (Lipinski definition) is 1. The number of carbonyl (C=O) groups is 2. The highest BCUT2D eigenvalue weighted by Gasteiger charge is 2.40. The number of urea groups is 1. The van der Waals surface area contributed by atoms with Gasteiger partial charge in [0.05, 0.1) is 17.3 Å². The van der Waals surface area contributed by atoms with Gasteiger partial charge in [-0.2, -0.15) is 5.26 Å². The monoisotopic (exact) mass is 382 g/mol.